The predicted octanol–water partition coefficient (Wildman–Crippen LogP) is 2.72. The third-order valence-electron chi connectivity index (χ3n) is 6.20. The summed E-state index contributed by atoms with van der Waals surface area (Å²) in [5.41, 5.74) is -2.51. The molecule has 0 aromatic carbocycles. The fraction of sp³-hybridized carbons (Fsp3) is 0.905. The molecule has 0 radical (unpaired) electrons. The predicted molar refractivity (Wildman–Crippen MR) is 122 cm³/mol. The molecule has 3 N–H and O–H groups in total. The van der Waals surface area contributed by atoms with Crippen LogP contribution in [0.2, 0.25) is 0 Å². The molecule has 2 aliphatic rings. The van der Waals surface area contributed by atoms with E-state index in [1.54, 1.807) is 6.92 Å². The number of rotatable bonds is 9. The number of carbonyl (C=O) groups is 2. The first-order chi connectivity index (χ1) is 14.0. The van der Waals surface area contributed by atoms with Gasteiger partial charge in [0.05, 0.1) is 0 Å². The first-order valence-electron chi connectivity index (χ1n) is 10.9. The molecular formula is C21H38N2O5S2. The Hall–Kier alpha value is -0.480. The second kappa shape index (κ2) is 11.4. The summed E-state index contributed by atoms with van der Waals surface area (Å²) in [5.74, 6) is -0.401. The van der Waals surface area contributed by atoms with Gasteiger partial charge in [0, 0.05) is 11.8 Å². The number of hydrogen-bond acceptors (Lipinski definition) is 9. The monoisotopic (exact) mass is 462 g/mol. The third-order valence-corrected chi connectivity index (χ3v) is 8.91. The zero-order chi connectivity index (χ0) is 22.4. The molecule has 0 bridgehead atoms. The van der Waals surface area contributed by atoms with Crippen molar-refractivity contribution in [2.24, 2.45) is 11.8 Å². The second-order valence-corrected chi connectivity index (χ2v) is 12.0. The summed E-state index contributed by atoms with van der Waals surface area (Å²) in [7, 11) is 2.08. The molecule has 2 rings (SSSR count). The van der Waals surface area contributed by atoms with Gasteiger partial charge in [0.1, 0.15) is 16.5 Å². The van der Waals surface area contributed by atoms with Crippen LogP contribution in [0.15, 0.2) is 0 Å². The van der Waals surface area contributed by atoms with E-state index in [1.807, 2.05) is 27.7 Å². The van der Waals surface area contributed by atoms with Crippen molar-refractivity contribution in [1.82, 2.24) is 10.6 Å². The molecule has 0 spiro atoms. The average molecular weight is 463 g/mol. The first-order valence-corrected chi connectivity index (χ1v) is 13.2. The largest absolute Gasteiger partial charge is 0.459 e. The summed E-state index contributed by atoms with van der Waals surface area (Å²) >= 11 is 0. The first kappa shape index (κ1) is 25.8. The molecule has 2 saturated heterocycles. The van der Waals surface area contributed by atoms with Crippen molar-refractivity contribution in [3.8, 4) is 0 Å². The minimum atomic E-state index is -1.34. The minimum absolute atomic E-state index is 0.263. The van der Waals surface area contributed by atoms with E-state index in [9.17, 15) is 14.7 Å². The number of nitrogens with one attached hydrogen (secondary N) is 2. The number of ether oxygens (including phenoxy) is 2. The summed E-state index contributed by atoms with van der Waals surface area (Å²) in [6, 6.07) is 0. The highest BCUT2D eigenvalue weighted by molar-refractivity contribution is 8.77. The highest BCUT2D eigenvalue weighted by Crippen LogP contribution is 2.36. The second-order valence-electron chi connectivity index (χ2n) is 9.28. The van der Waals surface area contributed by atoms with E-state index in [1.165, 1.54) is 0 Å². The van der Waals surface area contributed by atoms with E-state index < -0.39 is 27.9 Å². The molecule has 2 atom stereocenters. The van der Waals surface area contributed by atoms with Crippen molar-refractivity contribution < 1.29 is 24.2 Å². The van der Waals surface area contributed by atoms with E-state index in [-0.39, 0.29) is 11.9 Å². The van der Waals surface area contributed by atoms with Gasteiger partial charge in [-0.1, -0.05) is 10.8 Å². The summed E-state index contributed by atoms with van der Waals surface area (Å²) in [5, 5.41) is 16.4. The van der Waals surface area contributed by atoms with Crippen LogP contribution in [0.1, 0.15) is 60.3 Å². The molecular weight excluding hydrogens is 424 g/mol. The van der Waals surface area contributed by atoms with Gasteiger partial charge in [0.15, 0.2) is 0 Å². The van der Waals surface area contributed by atoms with Gasteiger partial charge in [-0.2, -0.15) is 0 Å². The van der Waals surface area contributed by atoms with E-state index in [0.29, 0.717) is 5.92 Å². The van der Waals surface area contributed by atoms with Gasteiger partial charge in [0.2, 0.25) is 5.44 Å². The van der Waals surface area contributed by atoms with Crippen LogP contribution in [-0.2, 0) is 19.1 Å². The SMILES string of the molecule is CC(SSC(O)C(=O)OC(C)(C)C1CCNCC1)C(=O)OC(C)(C)C1CCNCC1. The van der Waals surface area contributed by atoms with Crippen molar-refractivity contribution in [1.29, 1.82) is 0 Å². The summed E-state index contributed by atoms with van der Waals surface area (Å²) in [4.78, 5) is 24.9. The summed E-state index contributed by atoms with van der Waals surface area (Å²) in [6.07, 6.45) is 3.84. The van der Waals surface area contributed by atoms with Crippen molar-refractivity contribution in [2.45, 2.75) is 82.2 Å². The molecule has 9 heteroatoms. The van der Waals surface area contributed by atoms with E-state index >= 15 is 0 Å². The lowest BCUT2D eigenvalue weighted by atomic mass is 9.83. The zero-order valence-corrected chi connectivity index (χ0v) is 20.5. The number of hydrogen-bond donors (Lipinski definition) is 3. The van der Waals surface area contributed by atoms with Gasteiger partial charge in [-0.25, -0.2) is 4.79 Å². The average Bonchev–Trinajstić information content (AvgIpc) is 2.72. The van der Waals surface area contributed by atoms with Crippen molar-refractivity contribution in [3.05, 3.63) is 0 Å². The Morgan fingerprint density at radius 2 is 1.23 bits per heavy atom. The van der Waals surface area contributed by atoms with Crippen LogP contribution in [0, 0.1) is 11.8 Å². The van der Waals surface area contributed by atoms with Crippen LogP contribution >= 0.6 is 21.6 Å². The maximum Gasteiger partial charge on any atom is 0.347 e. The lowest BCUT2D eigenvalue weighted by Crippen LogP contribution is -2.44. The Morgan fingerprint density at radius 1 is 0.833 bits per heavy atom. The Bertz CT molecular complexity index is 526. The molecule has 0 aliphatic carbocycles. The van der Waals surface area contributed by atoms with E-state index in [4.69, 9.17) is 9.47 Å². The van der Waals surface area contributed by atoms with Crippen LogP contribution < -0.4 is 10.6 Å². The zero-order valence-electron chi connectivity index (χ0n) is 18.9. The van der Waals surface area contributed by atoms with Crippen LogP contribution in [0.25, 0.3) is 0 Å². The standard InChI is InChI=1S/C21H38N2O5S2/c1-14(17(24)27-20(2,3)15-6-10-22-11-7-15)29-30-19(26)18(25)28-21(4,5)16-8-12-23-13-9-16/h14-16,19,22-23,26H,6-13H2,1-5H3. The van der Waals surface area contributed by atoms with E-state index in [2.05, 4.69) is 10.6 Å². The van der Waals surface area contributed by atoms with Crippen LogP contribution in [0.4, 0.5) is 0 Å². The van der Waals surface area contributed by atoms with Gasteiger partial charge >= 0.3 is 11.9 Å². The quantitative estimate of drug-likeness (QED) is 0.271. The molecule has 30 heavy (non-hydrogen) atoms. The Morgan fingerprint density at radius 3 is 1.67 bits per heavy atom. The number of esters is 2. The Kier molecular flexibility index (Phi) is 9.80. The lowest BCUT2D eigenvalue weighted by Gasteiger charge is -2.37. The minimum Gasteiger partial charge on any atom is -0.459 e. The van der Waals surface area contributed by atoms with Crippen LogP contribution in [0.5, 0.6) is 0 Å². The Balaban J connectivity index is 1.77. The van der Waals surface area contributed by atoms with Crippen molar-refractivity contribution >= 4 is 33.5 Å². The number of aliphatic hydroxyl groups excluding tert-OH is 1. The summed E-state index contributed by atoms with van der Waals surface area (Å²) < 4.78 is 11.4. The smallest absolute Gasteiger partial charge is 0.347 e. The number of aliphatic hydroxyl groups is 1. The maximum atomic E-state index is 12.5. The maximum absolute atomic E-state index is 12.5. The molecule has 174 valence electrons. The summed E-state index contributed by atoms with van der Waals surface area (Å²) in [6.45, 7) is 13.1. The van der Waals surface area contributed by atoms with Gasteiger partial charge in [-0.05, 0) is 97.3 Å². The van der Waals surface area contributed by atoms with Gasteiger partial charge in [-0.15, -0.1) is 0 Å². The third kappa shape index (κ3) is 7.58. The molecule has 7 nitrogen and oxygen atoms in total. The fourth-order valence-electron chi connectivity index (χ4n) is 4.07. The highest BCUT2D eigenvalue weighted by Gasteiger charge is 2.37. The Labute approximate surface area is 188 Å². The molecule has 2 unspecified atom stereocenters. The highest BCUT2D eigenvalue weighted by atomic mass is 33.1. The molecule has 2 heterocycles. The molecule has 0 aromatic heterocycles. The van der Waals surface area contributed by atoms with Crippen LogP contribution in [0.3, 0.4) is 0 Å². The lowest BCUT2D eigenvalue weighted by molar-refractivity contribution is -0.168. The van der Waals surface area contributed by atoms with Gasteiger partial charge in [-0.3, -0.25) is 4.79 Å². The van der Waals surface area contributed by atoms with E-state index in [0.717, 1.165) is 73.5 Å². The number of carbonyl (C=O) groups excluding carboxylic acids is 2. The van der Waals surface area contributed by atoms with Crippen molar-refractivity contribution in [3.63, 3.8) is 0 Å². The molecule has 2 aliphatic heterocycles. The van der Waals surface area contributed by atoms with Gasteiger partial charge in [0.25, 0.3) is 0 Å². The number of piperidine rings is 2. The topological polar surface area (TPSA) is 96.9 Å². The fourth-order valence-corrected chi connectivity index (χ4v) is 5.88. The van der Waals surface area contributed by atoms with Gasteiger partial charge < -0.3 is 25.2 Å². The molecule has 0 aromatic rings. The molecule has 0 saturated carbocycles. The van der Waals surface area contributed by atoms with Crippen molar-refractivity contribution in [2.75, 3.05) is 26.2 Å². The normalized spacial score (nSPS) is 21.7. The molecule has 0 amide bonds. The molecule has 2 fully saturated rings. The van der Waals surface area contributed by atoms with Crippen LogP contribution in [-0.4, -0.2) is 65.1 Å².